The SMILES string of the molecule is COc1ccc(CC[C@@]2(C)NC(=O)N(C[NH+]3CCc4ccccc4C3)C2=O)cc1. The average molecular weight is 394 g/mol. The third-order valence-corrected chi connectivity index (χ3v) is 6.11. The van der Waals surface area contributed by atoms with Crippen LogP contribution in [0.5, 0.6) is 5.75 Å². The number of imide groups is 1. The smallest absolute Gasteiger partial charge is 0.329 e. The molecule has 0 saturated carbocycles. The second kappa shape index (κ2) is 7.87. The van der Waals surface area contributed by atoms with Crippen LogP contribution in [0, 0.1) is 0 Å². The molecule has 2 heterocycles. The molecular weight excluding hydrogens is 366 g/mol. The number of rotatable bonds is 6. The fraction of sp³-hybridized carbons (Fsp3) is 0.391. The zero-order valence-electron chi connectivity index (χ0n) is 17.0. The summed E-state index contributed by atoms with van der Waals surface area (Å²) in [6, 6.07) is 16.0. The minimum Gasteiger partial charge on any atom is -0.497 e. The second-order valence-electron chi connectivity index (χ2n) is 8.20. The van der Waals surface area contributed by atoms with Crippen molar-refractivity contribution < 1.29 is 19.2 Å². The van der Waals surface area contributed by atoms with Gasteiger partial charge >= 0.3 is 6.03 Å². The van der Waals surface area contributed by atoms with Crippen molar-refractivity contribution >= 4 is 11.9 Å². The molecule has 6 nitrogen and oxygen atoms in total. The normalized spacial score (nSPS) is 23.7. The van der Waals surface area contributed by atoms with Crippen molar-refractivity contribution in [2.24, 2.45) is 0 Å². The molecule has 3 amide bonds. The zero-order chi connectivity index (χ0) is 20.4. The first-order chi connectivity index (χ1) is 14.0. The zero-order valence-corrected chi connectivity index (χ0v) is 17.0. The van der Waals surface area contributed by atoms with Crippen LogP contribution >= 0.6 is 0 Å². The van der Waals surface area contributed by atoms with E-state index in [-0.39, 0.29) is 11.9 Å². The molecule has 2 aromatic carbocycles. The molecule has 0 spiro atoms. The van der Waals surface area contributed by atoms with E-state index in [0.717, 1.165) is 30.8 Å². The molecule has 2 atom stereocenters. The highest BCUT2D eigenvalue weighted by Gasteiger charge is 2.48. The summed E-state index contributed by atoms with van der Waals surface area (Å²) in [6.45, 7) is 4.02. The lowest BCUT2D eigenvalue weighted by atomic mass is 9.93. The molecule has 1 fully saturated rings. The first-order valence-corrected chi connectivity index (χ1v) is 10.2. The Morgan fingerprint density at radius 1 is 1.10 bits per heavy atom. The first kappa shape index (κ1) is 19.5. The van der Waals surface area contributed by atoms with Crippen molar-refractivity contribution in [3.05, 3.63) is 65.2 Å². The van der Waals surface area contributed by atoms with Gasteiger partial charge in [-0.2, -0.15) is 0 Å². The van der Waals surface area contributed by atoms with Crippen molar-refractivity contribution in [3.63, 3.8) is 0 Å². The second-order valence-corrected chi connectivity index (χ2v) is 8.20. The number of urea groups is 1. The highest BCUT2D eigenvalue weighted by molar-refractivity contribution is 6.06. The number of nitrogens with one attached hydrogen (secondary N) is 2. The Kier molecular flexibility index (Phi) is 5.28. The first-order valence-electron chi connectivity index (χ1n) is 10.2. The molecule has 0 bridgehead atoms. The van der Waals surface area contributed by atoms with E-state index >= 15 is 0 Å². The van der Waals surface area contributed by atoms with Gasteiger partial charge in [-0.25, -0.2) is 9.69 Å². The van der Waals surface area contributed by atoms with Gasteiger partial charge in [-0.15, -0.1) is 0 Å². The highest BCUT2D eigenvalue weighted by atomic mass is 16.5. The van der Waals surface area contributed by atoms with Crippen molar-refractivity contribution in [2.75, 3.05) is 20.3 Å². The number of nitrogens with zero attached hydrogens (tertiary/aromatic N) is 1. The summed E-state index contributed by atoms with van der Waals surface area (Å²) in [5, 5.41) is 2.93. The van der Waals surface area contributed by atoms with E-state index < -0.39 is 5.54 Å². The monoisotopic (exact) mass is 394 g/mol. The number of fused-ring (bicyclic) bond motifs is 1. The fourth-order valence-electron chi connectivity index (χ4n) is 4.25. The molecule has 29 heavy (non-hydrogen) atoms. The number of amides is 3. The van der Waals surface area contributed by atoms with Crippen LogP contribution in [0.4, 0.5) is 4.79 Å². The van der Waals surface area contributed by atoms with Gasteiger partial charge in [0.05, 0.1) is 13.7 Å². The fourth-order valence-corrected chi connectivity index (χ4v) is 4.25. The van der Waals surface area contributed by atoms with Gasteiger partial charge in [0.15, 0.2) is 6.67 Å². The third kappa shape index (κ3) is 3.98. The number of aryl methyl sites for hydroxylation is 1. The van der Waals surface area contributed by atoms with Gasteiger partial charge in [-0.1, -0.05) is 36.4 Å². The van der Waals surface area contributed by atoms with Crippen LogP contribution in [0.3, 0.4) is 0 Å². The van der Waals surface area contributed by atoms with Crippen LogP contribution in [0.2, 0.25) is 0 Å². The summed E-state index contributed by atoms with van der Waals surface area (Å²) < 4.78 is 5.19. The van der Waals surface area contributed by atoms with E-state index in [9.17, 15) is 9.59 Å². The van der Waals surface area contributed by atoms with E-state index in [1.807, 2.05) is 37.3 Å². The van der Waals surface area contributed by atoms with Crippen molar-refractivity contribution in [1.29, 1.82) is 0 Å². The average Bonchev–Trinajstić information content (AvgIpc) is 2.96. The molecule has 0 radical (unpaired) electrons. The van der Waals surface area contributed by atoms with Gasteiger partial charge in [0.2, 0.25) is 0 Å². The Morgan fingerprint density at radius 3 is 2.55 bits per heavy atom. The van der Waals surface area contributed by atoms with E-state index in [1.54, 1.807) is 7.11 Å². The summed E-state index contributed by atoms with van der Waals surface area (Å²) in [6.07, 6.45) is 2.26. The number of carbonyl (C=O) groups is 2. The molecular formula is C23H28N3O3+. The summed E-state index contributed by atoms with van der Waals surface area (Å²) in [5.41, 5.74) is 2.94. The summed E-state index contributed by atoms with van der Waals surface area (Å²) in [5.74, 6) is 0.685. The molecule has 2 aliphatic rings. The minimum absolute atomic E-state index is 0.123. The van der Waals surface area contributed by atoms with Crippen LogP contribution in [-0.4, -0.2) is 42.7 Å². The molecule has 2 aromatic rings. The highest BCUT2D eigenvalue weighted by Crippen LogP contribution is 2.23. The summed E-state index contributed by atoms with van der Waals surface area (Å²) in [4.78, 5) is 28.3. The maximum atomic E-state index is 13.1. The standard InChI is InChI=1S/C23H27N3O3/c1-23(13-11-17-7-9-20(29-2)10-8-17)21(27)26(22(28)24-23)16-25-14-12-18-5-3-4-6-19(18)15-25/h3-10H,11-16H2,1-2H3,(H,24,28)/p+1/t23-/m1/s1. The number of hydrogen-bond donors (Lipinski definition) is 2. The number of hydrogen-bond acceptors (Lipinski definition) is 3. The molecule has 6 heteroatoms. The van der Waals surface area contributed by atoms with E-state index in [2.05, 4.69) is 23.5 Å². The Balaban J connectivity index is 1.38. The Hall–Kier alpha value is -2.86. The number of carbonyl (C=O) groups excluding carboxylic acids is 2. The van der Waals surface area contributed by atoms with Crippen LogP contribution in [0.25, 0.3) is 0 Å². The van der Waals surface area contributed by atoms with E-state index in [4.69, 9.17) is 4.74 Å². The van der Waals surface area contributed by atoms with Crippen LogP contribution in [0.15, 0.2) is 48.5 Å². The van der Waals surface area contributed by atoms with Gasteiger partial charge in [0.1, 0.15) is 17.8 Å². The largest absolute Gasteiger partial charge is 0.497 e. The van der Waals surface area contributed by atoms with Gasteiger partial charge in [-0.3, -0.25) is 4.79 Å². The van der Waals surface area contributed by atoms with Gasteiger partial charge < -0.3 is 15.0 Å². The molecule has 152 valence electrons. The molecule has 1 unspecified atom stereocenters. The molecule has 0 aromatic heterocycles. The quantitative estimate of drug-likeness (QED) is 0.731. The summed E-state index contributed by atoms with van der Waals surface area (Å²) >= 11 is 0. The Bertz CT molecular complexity index is 912. The number of ether oxygens (including phenoxy) is 1. The van der Waals surface area contributed by atoms with Crippen LogP contribution < -0.4 is 15.0 Å². The number of quaternary nitrogens is 1. The number of methoxy groups -OCH3 is 1. The van der Waals surface area contributed by atoms with Gasteiger partial charge in [-0.05, 0) is 43.0 Å². The lowest BCUT2D eigenvalue weighted by molar-refractivity contribution is -0.923. The van der Waals surface area contributed by atoms with Gasteiger partial charge in [0.25, 0.3) is 5.91 Å². The summed E-state index contributed by atoms with van der Waals surface area (Å²) in [7, 11) is 1.64. The molecule has 2 N–H and O–H groups in total. The van der Waals surface area contributed by atoms with E-state index in [0.29, 0.717) is 19.5 Å². The van der Waals surface area contributed by atoms with Crippen molar-refractivity contribution in [1.82, 2.24) is 10.2 Å². The predicted octanol–water partition coefficient (Wildman–Crippen LogP) is 1.54. The maximum absolute atomic E-state index is 13.1. The Labute approximate surface area is 171 Å². The number of benzene rings is 2. The van der Waals surface area contributed by atoms with Crippen LogP contribution in [-0.2, 0) is 24.2 Å². The van der Waals surface area contributed by atoms with E-state index in [1.165, 1.54) is 20.9 Å². The van der Waals surface area contributed by atoms with Crippen molar-refractivity contribution in [2.45, 2.75) is 38.3 Å². The topological polar surface area (TPSA) is 63.1 Å². The molecule has 2 aliphatic heterocycles. The molecule has 0 aliphatic carbocycles. The Morgan fingerprint density at radius 2 is 1.83 bits per heavy atom. The van der Waals surface area contributed by atoms with Gasteiger partial charge in [0, 0.05) is 12.0 Å². The lowest BCUT2D eigenvalue weighted by Crippen LogP contribution is -3.13. The van der Waals surface area contributed by atoms with Crippen molar-refractivity contribution in [3.8, 4) is 5.75 Å². The third-order valence-electron chi connectivity index (χ3n) is 6.11. The van der Waals surface area contributed by atoms with Crippen LogP contribution in [0.1, 0.15) is 30.0 Å². The molecule has 4 rings (SSSR count). The maximum Gasteiger partial charge on any atom is 0.329 e. The molecule has 1 saturated heterocycles. The predicted molar refractivity (Wildman–Crippen MR) is 110 cm³/mol. The minimum atomic E-state index is -0.857. The lowest BCUT2D eigenvalue weighted by Gasteiger charge is -2.28.